The van der Waals surface area contributed by atoms with Gasteiger partial charge < -0.3 is 4.74 Å². The van der Waals surface area contributed by atoms with Crippen LogP contribution in [0.3, 0.4) is 0 Å². The first-order valence-corrected chi connectivity index (χ1v) is 5.22. The molecule has 0 aromatic rings. The van der Waals surface area contributed by atoms with E-state index in [0.717, 1.165) is 13.0 Å². The first-order chi connectivity index (χ1) is 6.44. The van der Waals surface area contributed by atoms with Gasteiger partial charge in [-0.15, -0.1) is 0 Å². The van der Waals surface area contributed by atoms with Crippen LogP contribution in [0.25, 0.3) is 0 Å². The van der Waals surface area contributed by atoms with Gasteiger partial charge in [-0.05, 0) is 47.2 Å². The van der Waals surface area contributed by atoms with Gasteiger partial charge in [0.05, 0.1) is 11.7 Å². The van der Waals surface area contributed by atoms with E-state index in [1.165, 1.54) is 6.42 Å². The fourth-order valence-corrected chi connectivity index (χ4v) is 1.89. The number of nitrogens with zero attached hydrogens (tertiary/aromatic N) is 2. The van der Waals surface area contributed by atoms with Crippen molar-refractivity contribution in [3.8, 4) is 6.07 Å². The molecule has 3 heteroatoms. The number of hydrogen-bond donors (Lipinski definition) is 0. The fraction of sp³-hybridized carbons (Fsp3) is 0.909. The van der Waals surface area contributed by atoms with Crippen LogP contribution in [0.15, 0.2) is 0 Å². The third-order valence-corrected chi connectivity index (χ3v) is 2.53. The van der Waals surface area contributed by atoms with Crippen molar-refractivity contribution < 1.29 is 4.74 Å². The quantitative estimate of drug-likeness (QED) is 0.675. The highest BCUT2D eigenvalue weighted by atomic mass is 16.5. The van der Waals surface area contributed by atoms with Crippen LogP contribution in [0.1, 0.15) is 33.6 Å². The molecular weight excluding hydrogens is 176 g/mol. The zero-order chi connectivity index (χ0) is 10.8. The van der Waals surface area contributed by atoms with Gasteiger partial charge in [0.15, 0.2) is 6.10 Å². The molecule has 3 nitrogen and oxygen atoms in total. The molecule has 0 spiro atoms. The van der Waals surface area contributed by atoms with Crippen molar-refractivity contribution in [3.05, 3.63) is 0 Å². The number of hydrogen-bond acceptors (Lipinski definition) is 3. The van der Waals surface area contributed by atoms with Crippen LogP contribution in [0.4, 0.5) is 0 Å². The standard InChI is InChI=1S/C11H20N2O/c1-11(2,3)14-10(8-12)9-6-5-7-13(9)4/h9-10H,5-7H2,1-4H3/t9-,10-/m0/s1. The van der Waals surface area contributed by atoms with Crippen molar-refractivity contribution in [3.63, 3.8) is 0 Å². The van der Waals surface area contributed by atoms with Crippen LogP contribution in [0.2, 0.25) is 0 Å². The molecule has 0 N–H and O–H groups in total. The summed E-state index contributed by atoms with van der Waals surface area (Å²) in [5, 5.41) is 9.07. The van der Waals surface area contributed by atoms with Crippen molar-refractivity contribution in [2.24, 2.45) is 0 Å². The SMILES string of the molecule is CN1CCC[C@H]1[C@H](C#N)OC(C)(C)C. The first-order valence-electron chi connectivity index (χ1n) is 5.22. The maximum atomic E-state index is 9.07. The van der Waals surface area contributed by atoms with E-state index in [-0.39, 0.29) is 17.7 Å². The number of likely N-dealkylation sites (N-methyl/N-ethyl adjacent to an activating group) is 1. The lowest BCUT2D eigenvalue weighted by Gasteiger charge is -2.30. The predicted molar refractivity (Wildman–Crippen MR) is 55.9 cm³/mol. The lowest BCUT2D eigenvalue weighted by atomic mass is 10.1. The van der Waals surface area contributed by atoms with Crippen LogP contribution < -0.4 is 0 Å². The highest BCUT2D eigenvalue weighted by Crippen LogP contribution is 2.23. The Morgan fingerprint density at radius 2 is 2.14 bits per heavy atom. The Balaban J connectivity index is 2.59. The minimum absolute atomic E-state index is 0.232. The van der Waals surface area contributed by atoms with Crippen molar-refractivity contribution in [1.29, 1.82) is 5.26 Å². The summed E-state index contributed by atoms with van der Waals surface area (Å²) in [6.45, 7) is 7.06. The van der Waals surface area contributed by atoms with E-state index in [2.05, 4.69) is 18.0 Å². The molecule has 1 aliphatic rings. The fourth-order valence-electron chi connectivity index (χ4n) is 1.89. The maximum absolute atomic E-state index is 9.07. The molecule has 14 heavy (non-hydrogen) atoms. The Hall–Kier alpha value is -0.590. The summed E-state index contributed by atoms with van der Waals surface area (Å²) in [7, 11) is 2.06. The number of ether oxygens (including phenoxy) is 1. The Labute approximate surface area is 86.6 Å². The van der Waals surface area contributed by atoms with Crippen molar-refractivity contribution in [2.45, 2.75) is 51.4 Å². The van der Waals surface area contributed by atoms with Gasteiger partial charge in [-0.3, -0.25) is 4.90 Å². The molecule has 1 aliphatic heterocycles. The molecular formula is C11H20N2O. The second-order valence-corrected chi connectivity index (χ2v) is 4.97. The molecule has 0 aromatic carbocycles. The molecule has 1 saturated heterocycles. The van der Waals surface area contributed by atoms with E-state index in [1.807, 2.05) is 20.8 Å². The molecule has 0 radical (unpaired) electrons. The van der Waals surface area contributed by atoms with E-state index >= 15 is 0 Å². The summed E-state index contributed by atoms with van der Waals surface area (Å²) in [4.78, 5) is 2.22. The zero-order valence-corrected chi connectivity index (χ0v) is 9.58. The highest BCUT2D eigenvalue weighted by Gasteiger charge is 2.32. The highest BCUT2D eigenvalue weighted by molar-refractivity contribution is 4.98. The average Bonchev–Trinajstić information content (AvgIpc) is 2.45. The molecule has 0 unspecified atom stereocenters. The summed E-state index contributed by atoms with van der Waals surface area (Å²) < 4.78 is 5.74. The Kier molecular flexibility index (Phi) is 3.52. The average molecular weight is 196 g/mol. The largest absolute Gasteiger partial charge is 0.356 e. The molecule has 2 atom stereocenters. The van der Waals surface area contributed by atoms with Crippen molar-refractivity contribution in [1.82, 2.24) is 4.90 Å². The predicted octanol–water partition coefficient (Wildman–Crippen LogP) is 1.79. The van der Waals surface area contributed by atoms with Crippen LogP contribution >= 0.6 is 0 Å². The molecule has 1 rings (SSSR count). The molecule has 80 valence electrons. The summed E-state index contributed by atoms with van der Waals surface area (Å²) in [5.41, 5.74) is -0.232. The van der Waals surface area contributed by atoms with E-state index < -0.39 is 0 Å². The van der Waals surface area contributed by atoms with E-state index in [4.69, 9.17) is 10.00 Å². The maximum Gasteiger partial charge on any atom is 0.160 e. The second kappa shape index (κ2) is 4.29. The number of nitriles is 1. The van der Waals surface area contributed by atoms with E-state index in [9.17, 15) is 0 Å². The number of rotatable bonds is 2. The van der Waals surface area contributed by atoms with E-state index in [1.54, 1.807) is 0 Å². The molecule has 1 heterocycles. The summed E-state index contributed by atoms with van der Waals surface area (Å²) in [6.07, 6.45) is 1.96. The van der Waals surface area contributed by atoms with Crippen LogP contribution in [-0.4, -0.2) is 36.2 Å². The summed E-state index contributed by atoms with van der Waals surface area (Å²) >= 11 is 0. The summed E-state index contributed by atoms with van der Waals surface area (Å²) in [6, 6.07) is 2.54. The topological polar surface area (TPSA) is 36.3 Å². The molecule has 0 aliphatic carbocycles. The normalized spacial score (nSPS) is 26.1. The van der Waals surface area contributed by atoms with E-state index in [0.29, 0.717) is 0 Å². The smallest absolute Gasteiger partial charge is 0.160 e. The van der Waals surface area contributed by atoms with Crippen LogP contribution in [-0.2, 0) is 4.74 Å². The Bertz CT molecular complexity index is 226. The Morgan fingerprint density at radius 1 is 1.50 bits per heavy atom. The lowest BCUT2D eigenvalue weighted by molar-refractivity contribution is -0.0604. The monoisotopic (exact) mass is 196 g/mol. The number of likely N-dealkylation sites (tertiary alicyclic amines) is 1. The van der Waals surface area contributed by atoms with Gasteiger partial charge in [-0.2, -0.15) is 5.26 Å². The lowest BCUT2D eigenvalue weighted by Crippen LogP contribution is -2.41. The molecule has 0 amide bonds. The zero-order valence-electron chi connectivity index (χ0n) is 9.58. The van der Waals surface area contributed by atoms with Crippen molar-refractivity contribution >= 4 is 0 Å². The molecule has 0 bridgehead atoms. The molecule has 1 fully saturated rings. The van der Waals surface area contributed by atoms with Gasteiger partial charge in [0.2, 0.25) is 0 Å². The Morgan fingerprint density at radius 3 is 2.50 bits per heavy atom. The summed E-state index contributed by atoms with van der Waals surface area (Å²) in [5.74, 6) is 0. The van der Waals surface area contributed by atoms with Gasteiger partial charge in [0.25, 0.3) is 0 Å². The molecule has 0 saturated carbocycles. The van der Waals surface area contributed by atoms with Crippen LogP contribution in [0, 0.1) is 11.3 Å². The van der Waals surface area contributed by atoms with Gasteiger partial charge >= 0.3 is 0 Å². The van der Waals surface area contributed by atoms with Gasteiger partial charge in [-0.1, -0.05) is 0 Å². The van der Waals surface area contributed by atoms with Crippen LogP contribution in [0.5, 0.6) is 0 Å². The minimum Gasteiger partial charge on any atom is -0.356 e. The minimum atomic E-state index is -0.289. The first kappa shape index (κ1) is 11.5. The van der Waals surface area contributed by atoms with Crippen molar-refractivity contribution in [2.75, 3.05) is 13.6 Å². The molecule has 0 aromatic heterocycles. The van der Waals surface area contributed by atoms with Gasteiger partial charge in [-0.25, -0.2) is 0 Å². The van der Waals surface area contributed by atoms with Gasteiger partial charge in [0, 0.05) is 6.04 Å². The van der Waals surface area contributed by atoms with Gasteiger partial charge in [0.1, 0.15) is 0 Å². The second-order valence-electron chi connectivity index (χ2n) is 4.97. The third kappa shape index (κ3) is 2.97. The third-order valence-electron chi connectivity index (χ3n) is 2.53.